The third kappa shape index (κ3) is 7.07. The molecule has 0 radical (unpaired) electrons. The summed E-state index contributed by atoms with van der Waals surface area (Å²) < 4.78 is 5.80. The topological polar surface area (TPSA) is 71.0 Å². The number of rotatable bonds is 9. The molecule has 8 heteroatoms. The predicted molar refractivity (Wildman–Crippen MR) is 156 cm³/mol. The van der Waals surface area contributed by atoms with Crippen LogP contribution in [0.4, 0.5) is 0 Å². The van der Waals surface area contributed by atoms with Crippen molar-refractivity contribution in [2.45, 2.75) is 18.5 Å². The van der Waals surface area contributed by atoms with Gasteiger partial charge in [0.25, 0.3) is 5.91 Å². The quantitative estimate of drug-likeness (QED) is 0.190. The zero-order valence-corrected chi connectivity index (χ0v) is 22.6. The molecule has 1 aliphatic heterocycles. The molecule has 0 bridgehead atoms. The number of hydrogen-bond acceptors (Lipinski definition) is 5. The maximum Gasteiger partial charge on any atom is 0.271 e. The first-order chi connectivity index (χ1) is 19.0. The van der Waals surface area contributed by atoms with Crippen LogP contribution in [0, 0.1) is 0 Å². The smallest absolute Gasteiger partial charge is 0.271 e. The van der Waals surface area contributed by atoms with Crippen molar-refractivity contribution >= 4 is 41.4 Å². The number of hydrogen-bond donors (Lipinski definition) is 1. The van der Waals surface area contributed by atoms with Crippen molar-refractivity contribution in [1.82, 2.24) is 10.3 Å². The van der Waals surface area contributed by atoms with Gasteiger partial charge in [0.05, 0.1) is 12.0 Å². The fourth-order valence-electron chi connectivity index (χ4n) is 4.11. The first-order valence-corrected chi connectivity index (χ1v) is 13.8. The molecule has 0 saturated carbocycles. The zero-order valence-electron chi connectivity index (χ0n) is 21.0. The van der Waals surface area contributed by atoms with Crippen molar-refractivity contribution in [2.75, 3.05) is 5.75 Å². The van der Waals surface area contributed by atoms with Gasteiger partial charge in [-0.25, -0.2) is 5.43 Å². The van der Waals surface area contributed by atoms with E-state index in [4.69, 9.17) is 16.3 Å². The van der Waals surface area contributed by atoms with Crippen molar-refractivity contribution in [2.24, 2.45) is 5.10 Å². The Morgan fingerprint density at radius 3 is 2.38 bits per heavy atom. The molecule has 1 saturated heterocycles. The van der Waals surface area contributed by atoms with Crippen LogP contribution in [0.1, 0.15) is 38.0 Å². The van der Waals surface area contributed by atoms with E-state index in [0.717, 1.165) is 28.0 Å². The van der Waals surface area contributed by atoms with Gasteiger partial charge in [0.1, 0.15) is 17.7 Å². The molecule has 1 N–H and O–H groups in total. The van der Waals surface area contributed by atoms with Gasteiger partial charge in [-0.3, -0.25) is 9.59 Å². The minimum Gasteiger partial charge on any atom is -0.489 e. The number of hydrazone groups is 1. The summed E-state index contributed by atoms with van der Waals surface area (Å²) in [6, 6.07) is 32.2. The highest BCUT2D eigenvalue weighted by Crippen LogP contribution is 2.39. The molecule has 4 aromatic rings. The van der Waals surface area contributed by atoms with Crippen LogP contribution >= 0.6 is 23.4 Å². The van der Waals surface area contributed by atoms with Crippen LogP contribution in [0.25, 0.3) is 0 Å². The van der Waals surface area contributed by atoms with Crippen molar-refractivity contribution in [3.05, 3.63) is 136 Å². The van der Waals surface area contributed by atoms with Gasteiger partial charge >= 0.3 is 0 Å². The van der Waals surface area contributed by atoms with Crippen molar-refractivity contribution in [3.8, 4) is 5.75 Å². The molecule has 196 valence electrons. The second kappa shape index (κ2) is 12.7. The predicted octanol–water partition coefficient (Wildman–Crippen LogP) is 6.46. The molecule has 5 rings (SSSR count). The van der Waals surface area contributed by atoms with Crippen LogP contribution in [0.5, 0.6) is 5.75 Å². The van der Waals surface area contributed by atoms with E-state index < -0.39 is 0 Å². The summed E-state index contributed by atoms with van der Waals surface area (Å²) >= 11 is 7.51. The Morgan fingerprint density at radius 1 is 0.949 bits per heavy atom. The number of amides is 2. The molecule has 1 heterocycles. The summed E-state index contributed by atoms with van der Waals surface area (Å²) in [5, 5.41) is 4.70. The molecule has 39 heavy (non-hydrogen) atoms. The molecule has 0 spiro atoms. The Kier molecular flexibility index (Phi) is 8.61. The summed E-state index contributed by atoms with van der Waals surface area (Å²) in [4.78, 5) is 27.0. The van der Waals surface area contributed by atoms with Crippen LogP contribution in [0.15, 0.2) is 108 Å². The number of thioether (sulfide) groups is 1. The van der Waals surface area contributed by atoms with E-state index in [1.54, 1.807) is 30.1 Å². The lowest BCUT2D eigenvalue weighted by molar-refractivity contribution is -0.128. The second-order valence-corrected chi connectivity index (χ2v) is 10.5. The lowest BCUT2D eigenvalue weighted by Crippen LogP contribution is -2.27. The highest BCUT2D eigenvalue weighted by Gasteiger charge is 2.32. The normalized spacial score (nSPS) is 15.1. The van der Waals surface area contributed by atoms with Gasteiger partial charge in [-0.2, -0.15) is 5.10 Å². The van der Waals surface area contributed by atoms with Crippen LogP contribution in [0.2, 0.25) is 5.02 Å². The van der Waals surface area contributed by atoms with Crippen molar-refractivity contribution < 1.29 is 14.3 Å². The van der Waals surface area contributed by atoms with Crippen LogP contribution < -0.4 is 10.2 Å². The van der Waals surface area contributed by atoms with Gasteiger partial charge in [-0.15, -0.1) is 11.8 Å². The van der Waals surface area contributed by atoms with Gasteiger partial charge in [0.15, 0.2) is 0 Å². The molecule has 0 aromatic heterocycles. The molecule has 0 aliphatic carbocycles. The number of nitrogens with one attached hydrogen (secondary N) is 1. The first kappa shape index (κ1) is 26.5. The second-order valence-electron chi connectivity index (χ2n) is 8.98. The summed E-state index contributed by atoms with van der Waals surface area (Å²) in [6.45, 7) is 1.00. The summed E-state index contributed by atoms with van der Waals surface area (Å²) in [6.07, 6.45) is 1.58. The number of carbonyl (C=O) groups excluding carboxylic acids is 2. The first-order valence-electron chi connectivity index (χ1n) is 12.4. The molecule has 1 atom stereocenters. The van der Waals surface area contributed by atoms with Gasteiger partial charge in [-0.1, -0.05) is 66.2 Å². The summed E-state index contributed by atoms with van der Waals surface area (Å²) in [5.74, 6) is 0.989. The average Bonchev–Trinajstić information content (AvgIpc) is 3.33. The Balaban J connectivity index is 1.13. The van der Waals surface area contributed by atoms with Crippen molar-refractivity contribution in [3.63, 3.8) is 0 Å². The van der Waals surface area contributed by atoms with E-state index in [-0.39, 0.29) is 17.2 Å². The number of carbonyl (C=O) groups is 2. The third-order valence-electron chi connectivity index (χ3n) is 6.20. The lowest BCUT2D eigenvalue weighted by atomic mass is 10.1. The van der Waals surface area contributed by atoms with Crippen LogP contribution in [-0.2, 0) is 17.9 Å². The molecule has 2 amide bonds. The molecular weight excluding hydrogens is 530 g/mol. The van der Waals surface area contributed by atoms with E-state index in [1.165, 1.54) is 0 Å². The largest absolute Gasteiger partial charge is 0.489 e. The van der Waals surface area contributed by atoms with Gasteiger partial charge in [-0.05, 0) is 70.8 Å². The van der Waals surface area contributed by atoms with E-state index in [9.17, 15) is 9.59 Å². The molecule has 6 nitrogen and oxygen atoms in total. The lowest BCUT2D eigenvalue weighted by Gasteiger charge is -2.24. The molecule has 4 aromatic carbocycles. The molecule has 0 unspecified atom stereocenters. The zero-order chi connectivity index (χ0) is 27.0. The van der Waals surface area contributed by atoms with E-state index in [1.807, 2.05) is 95.9 Å². The van der Waals surface area contributed by atoms with Gasteiger partial charge < -0.3 is 9.64 Å². The van der Waals surface area contributed by atoms with Gasteiger partial charge in [0, 0.05) is 17.1 Å². The Bertz CT molecular complexity index is 1440. The highest BCUT2D eigenvalue weighted by atomic mass is 35.5. The Labute approximate surface area is 236 Å². The van der Waals surface area contributed by atoms with Crippen LogP contribution in [-0.4, -0.2) is 28.7 Å². The standard InChI is InChI=1S/C31H26ClN3O3S/c32-27-14-6-24(7-15-27)20-38-28-16-8-22(9-17-28)18-33-34-30(37)25-10-12-26(13-11-25)31-35(29(36)21-39-31)19-23-4-2-1-3-5-23/h1-18,31H,19-21H2,(H,34,37)/b33-18-/t31-/m1/s1. The Morgan fingerprint density at radius 2 is 1.67 bits per heavy atom. The Hall–Kier alpha value is -4.07. The number of ether oxygens (including phenoxy) is 1. The number of halogens is 1. The fraction of sp³-hybridized carbons (Fsp3) is 0.129. The molecule has 1 fully saturated rings. The van der Waals surface area contributed by atoms with Crippen LogP contribution in [0.3, 0.4) is 0 Å². The molecular formula is C31H26ClN3O3S. The van der Waals surface area contributed by atoms with E-state index >= 15 is 0 Å². The fourth-order valence-corrected chi connectivity index (χ4v) is 5.42. The average molecular weight is 556 g/mol. The van der Waals surface area contributed by atoms with Crippen molar-refractivity contribution in [1.29, 1.82) is 0 Å². The number of benzene rings is 4. The minimum absolute atomic E-state index is 0.0778. The SMILES string of the molecule is O=C(N/N=C\c1ccc(OCc2ccc(Cl)cc2)cc1)c1ccc([C@H]2SCC(=O)N2Cc2ccccc2)cc1. The van der Waals surface area contributed by atoms with Gasteiger partial charge in [0.2, 0.25) is 5.91 Å². The van der Waals surface area contributed by atoms with E-state index in [0.29, 0.717) is 29.5 Å². The molecule has 1 aliphatic rings. The third-order valence-corrected chi connectivity index (χ3v) is 7.71. The maximum absolute atomic E-state index is 12.6. The maximum atomic E-state index is 12.6. The summed E-state index contributed by atoms with van der Waals surface area (Å²) in [7, 11) is 0. The minimum atomic E-state index is -0.308. The number of nitrogens with zero attached hydrogens (tertiary/aromatic N) is 2. The monoisotopic (exact) mass is 555 g/mol. The highest BCUT2D eigenvalue weighted by molar-refractivity contribution is 8.00. The summed E-state index contributed by atoms with van der Waals surface area (Å²) in [5.41, 5.74) is 6.99. The van der Waals surface area contributed by atoms with E-state index in [2.05, 4.69) is 10.5 Å².